The van der Waals surface area contributed by atoms with Crippen molar-refractivity contribution in [3.8, 4) is 27.9 Å². The van der Waals surface area contributed by atoms with Gasteiger partial charge in [0.25, 0.3) is 0 Å². The summed E-state index contributed by atoms with van der Waals surface area (Å²) < 4.78 is 5.10. The van der Waals surface area contributed by atoms with Crippen LogP contribution < -0.4 is 4.90 Å². The summed E-state index contributed by atoms with van der Waals surface area (Å²) in [7, 11) is 0. The predicted octanol–water partition coefficient (Wildman–Crippen LogP) is 15.7. The summed E-state index contributed by atoms with van der Waals surface area (Å²) in [6.45, 7) is 4.40. The second kappa shape index (κ2) is 13.4. The third-order valence-electron chi connectivity index (χ3n) is 11.8. The fourth-order valence-electron chi connectivity index (χ4n) is 8.92. The summed E-state index contributed by atoms with van der Waals surface area (Å²) in [4.78, 5) is 2.42. The van der Waals surface area contributed by atoms with Crippen LogP contribution in [0.4, 0.5) is 17.1 Å². The van der Waals surface area contributed by atoms with Gasteiger partial charge in [0.2, 0.25) is 0 Å². The molecule has 2 nitrogen and oxygen atoms in total. The van der Waals surface area contributed by atoms with Gasteiger partial charge in [0.1, 0.15) is 0 Å². The molecule has 0 fully saturated rings. The number of nitrogens with zero attached hydrogens (tertiary/aromatic N) is 2. The smallest absolute Gasteiger partial charge is 0.0640 e. The molecule has 57 heavy (non-hydrogen) atoms. The SMILES string of the molecule is Cc1cccc(-c2ccc(N(c3cccc(-c4cccc5c4c4ccccc4n5-c4cccc5c4sc4ccccc45)c3)c3cccc4ccccc34)cc2)c1C. The Morgan fingerprint density at radius 3 is 2.02 bits per heavy atom. The summed E-state index contributed by atoms with van der Waals surface area (Å²) in [5.41, 5.74) is 14.5. The average molecular weight is 747 g/mol. The minimum Gasteiger partial charge on any atom is -0.310 e. The highest BCUT2D eigenvalue weighted by Crippen LogP contribution is 2.45. The molecule has 9 aromatic carbocycles. The van der Waals surface area contributed by atoms with E-state index in [9.17, 15) is 0 Å². The Morgan fingerprint density at radius 2 is 1.12 bits per heavy atom. The lowest BCUT2D eigenvalue weighted by molar-refractivity contribution is 1.20. The van der Waals surface area contributed by atoms with E-state index in [1.54, 1.807) is 0 Å². The number of anilines is 3. The molecule has 0 saturated carbocycles. The first-order valence-electron chi connectivity index (χ1n) is 19.6. The molecule has 0 spiro atoms. The molecule has 0 unspecified atom stereocenters. The van der Waals surface area contributed by atoms with Crippen molar-refractivity contribution in [2.24, 2.45) is 0 Å². The third kappa shape index (κ3) is 5.38. The van der Waals surface area contributed by atoms with Crippen LogP contribution in [0.1, 0.15) is 11.1 Å². The van der Waals surface area contributed by atoms with Gasteiger partial charge < -0.3 is 9.47 Å². The van der Waals surface area contributed by atoms with Gasteiger partial charge in [0, 0.05) is 43.0 Å². The van der Waals surface area contributed by atoms with Crippen molar-refractivity contribution >= 4 is 81.1 Å². The molecule has 0 atom stereocenters. The van der Waals surface area contributed by atoms with Crippen molar-refractivity contribution in [1.82, 2.24) is 4.57 Å². The van der Waals surface area contributed by atoms with E-state index >= 15 is 0 Å². The van der Waals surface area contributed by atoms with Crippen LogP contribution in [0.15, 0.2) is 194 Å². The molecule has 0 aliphatic heterocycles. The van der Waals surface area contributed by atoms with E-state index in [0.717, 1.165) is 17.1 Å². The average Bonchev–Trinajstić information content (AvgIpc) is 3.82. The normalized spacial score (nSPS) is 11.7. The Hall–Kier alpha value is -6.94. The van der Waals surface area contributed by atoms with E-state index in [2.05, 4.69) is 217 Å². The Balaban J connectivity index is 1.11. The minimum absolute atomic E-state index is 1.11. The molecule has 11 aromatic rings. The Bertz CT molecular complexity index is 3320. The largest absolute Gasteiger partial charge is 0.310 e. The predicted molar refractivity (Wildman–Crippen MR) is 246 cm³/mol. The number of rotatable bonds is 6. The number of hydrogen-bond donors (Lipinski definition) is 0. The Labute approximate surface area is 336 Å². The molecule has 0 saturated heterocycles. The van der Waals surface area contributed by atoms with Crippen molar-refractivity contribution in [1.29, 1.82) is 0 Å². The second-order valence-electron chi connectivity index (χ2n) is 15.0. The minimum atomic E-state index is 1.11. The zero-order valence-electron chi connectivity index (χ0n) is 31.8. The lowest BCUT2D eigenvalue weighted by Crippen LogP contribution is -2.10. The van der Waals surface area contributed by atoms with Crippen LogP contribution in [0.3, 0.4) is 0 Å². The Morgan fingerprint density at radius 1 is 0.456 bits per heavy atom. The van der Waals surface area contributed by atoms with Gasteiger partial charge in [-0.05, 0) is 107 Å². The number of fused-ring (bicyclic) bond motifs is 7. The second-order valence-corrected chi connectivity index (χ2v) is 16.0. The number of thiophene rings is 1. The molecule has 0 bridgehead atoms. The van der Waals surface area contributed by atoms with E-state index in [1.807, 2.05) is 11.3 Å². The summed E-state index contributed by atoms with van der Waals surface area (Å²) in [5, 5.41) is 7.56. The molecule has 11 rings (SSSR count). The highest BCUT2D eigenvalue weighted by molar-refractivity contribution is 7.26. The highest BCUT2D eigenvalue weighted by atomic mass is 32.1. The number of aryl methyl sites for hydroxylation is 1. The molecule has 270 valence electrons. The molecule has 0 aliphatic carbocycles. The molecule has 0 radical (unpaired) electrons. The number of para-hydroxylation sites is 1. The van der Waals surface area contributed by atoms with E-state index in [0.29, 0.717) is 0 Å². The van der Waals surface area contributed by atoms with Crippen LogP contribution >= 0.6 is 11.3 Å². The van der Waals surface area contributed by atoms with Gasteiger partial charge in [0.15, 0.2) is 0 Å². The Kier molecular flexibility index (Phi) is 7.84. The lowest BCUT2D eigenvalue weighted by atomic mass is 9.96. The zero-order valence-corrected chi connectivity index (χ0v) is 32.6. The van der Waals surface area contributed by atoms with Crippen molar-refractivity contribution in [2.45, 2.75) is 13.8 Å². The quantitative estimate of drug-likeness (QED) is 0.164. The van der Waals surface area contributed by atoms with Gasteiger partial charge in [-0.25, -0.2) is 0 Å². The fraction of sp³-hybridized carbons (Fsp3) is 0.0370. The monoisotopic (exact) mass is 746 g/mol. The first kappa shape index (κ1) is 33.4. The standard InChI is InChI=1S/C54H38N2S/c1-35-14-9-22-42(36(35)2)38-30-32-40(33-31-38)55(48-26-11-16-37-15-3-4-19-43(37)48)41-18-10-17-39(34-41)44-23-12-27-50-53(44)47-21-5-7-25-49(47)56(50)51-28-13-24-46-45-20-6-8-29-52(45)57-54(46)51/h3-34H,1-2H3. The van der Waals surface area contributed by atoms with E-state index in [4.69, 9.17) is 0 Å². The first-order valence-corrected chi connectivity index (χ1v) is 20.4. The molecule has 0 aliphatic rings. The fourth-order valence-corrected chi connectivity index (χ4v) is 10.1. The molecule has 0 N–H and O–H groups in total. The summed E-state index contributed by atoms with van der Waals surface area (Å²) in [6.07, 6.45) is 0. The van der Waals surface area contributed by atoms with Crippen molar-refractivity contribution in [2.75, 3.05) is 4.90 Å². The van der Waals surface area contributed by atoms with Crippen LogP contribution in [0.5, 0.6) is 0 Å². The van der Waals surface area contributed by atoms with E-state index < -0.39 is 0 Å². The van der Waals surface area contributed by atoms with E-state index in [1.165, 1.54) is 91.8 Å². The molecule has 2 heterocycles. The molecule has 0 amide bonds. The molecule has 3 heteroatoms. The van der Waals surface area contributed by atoms with Gasteiger partial charge in [-0.3, -0.25) is 0 Å². The van der Waals surface area contributed by atoms with Gasteiger partial charge in [-0.1, -0.05) is 140 Å². The van der Waals surface area contributed by atoms with Gasteiger partial charge >= 0.3 is 0 Å². The maximum absolute atomic E-state index is 2.48. The van der Waals surface area contributed by atoms with Gasteiger partial charge in [-0.2, -0.15) is 0 Å². The third-order valence-corrected chi connectivity index (χ3v) is 13.0. The number of hydrogen-bond acceptors (Lipinski definition) is 2. The molecule has 2 aromatic heterocycles. The summed E-state index contributed by atoms with van der Waals surface area (Å²) in [5.74, 6) is 0. The summed E-state index contributed by atoms with van der Waals surface area (Å²) in [6, 6.07) is 71.3. The zero-order chi connectivity index (χ0) is 38.0. The highest BCUT2D eigenvalue weighted by Gasteiger charge is 2.21. The van der Waals surface area contributed by atoms with Gasteiger partial charge in [0.05, 0.1) is 27.1 Å². The van der Waals surface area contributed by atoms with Crippen molar-refractivity contribution in [3.63, 3.8) is 0 Å². The maximum atomic E-state index is 2.48. The number of aromatic nitrogens is 1. The van der Waals surface area contributed by atoms with Crippen LogP contribution in [-0.4, -0.2) is 4.57 Å². The first-order chi connectivity index (χ1) is 28.1. The van der Waals surface area contributed by atoms with Crippen molar-refractivity contribution in [3.05, 3.63) is 205 Å². The van der Waals surface area contributed by atoms with Crippen LogP contribution in [0.25, 0.3) is 80.7 Å². The van der Waals surface area contributed by atoms with Crippen LogP contribution in [0, 0.1) is 13.8 Å². The van der Waals surface area contributed by atoms with Crippen LogP contribution in [-0.2, 0) is 0 Å². The maximum Gasteiger partial charge on any atom is 0.0640 e. The van der Waals surface area contributed by atoms with Crippen LogP contribution in [0.2, 0.25) is 0 Å². The summed E-state index contributed by atoms with van der Waals surface area (Å²) >= 11 is 1.88. The molecular weight excluding hydrogens is 709 g/mol. The lowest BCUT2D eigenvalue weighted by Gasteiger charge is -2.27. The van der Waals surface area contributed by atoms with Gasteiger partial charge in [-0.15, -0.1) is 11.3 Å². The molecular formula is C54H38N2S. The van der Waals surface area contributed by atoms with Crippen molar-refractivity contribution < 1.29 is 0 Å². The number of benzene rings is 9. The van der Waals surface area contributed by atoms with E-state index in [-0.39, 0.29) is 0 Å². The topological polar surface area (TPSA) is 8.17 Å².